The molecule has 72 valence electrons. The number of carbonyl (C=O) groups is 1. The molecule has 0 heterocycles. The predicted molar refractivity (Wildman–Crippen MR) is 49.6 cm³/mol. The second-order valence-corrected chi connectivity index (χ2v) is 3.87. The van der Waals surface area contributed by atoms with Crippen LogP contribution in [0.3, 0.4) is 0 Å². The third-order valence-corrected chi connectivity index (χ3v) is 1.99. The molecule has 7 heteroatoms. The van der Waals surface area contributed by atoms with E-state index >= 15 is 0 Å². The van der Waals surface area contributed by atoms with Crippen LogP contribution in [0.5, 0.6) is 0 Å². The van der Waals surface area contributed by atoms with Crippen LogP contribution in [0.15, 0.2) is 12.2 Å². The molecule has 0 aromatic rings. The van der Waals surface area contributed by atoms with E-state index in [0.717, 1.165) is 0 Å². The van der Waals surface area contributed by atoms with Crippen LogP contribution in [-0.4, -0.2) is 48.7 Å². The minimum absolute atomic E-state index is 0. The molecule has 0 aliphatic carbocycles. The standard InChI is InChI=1S/C6H10O5S.Li.H/c1-5(6(7)8)3-2-4-12(9,10)11;;/h1-4H2,(H,7,8)(H,9,10,11);;. The average molecular weight is 202 g/mol. The zero-order valence-electron chi connectivity index (χ0n) is 6.36. The number of carboxylic acid groups (broad SMARTS) is 1. The van der Waals surface area contributed by atoms with E-state index in [4.69, 9.17) is 9.66 Å². The summed E-state index contributed by atoms with van der Waals surface area (Å²) in [5, 5.41) is 8.30. The van der Waals surface area contributed by atoms with Gasteiger partial charge in [0.05, 0.1) is 5.75 Å². The van der Waals surface area contributed by atoms with Gasteiger partial charge in [-0.2, -0.15) is 8.42 Å². The zero-order chi connectivity index (χ0) is 9.78. The van der Waals surface area contributed by atoms with Gasteiger partial charge in [0.1, 0.15) is 0 Å². The molecule has 0 spiro atoms. The Bertz CT molecular complexity index is 281. The first-order chi connectivity index (χ1) is 5.33. The van der Waals surface area contributed by atoms with Crippen molar-refractivity contribution < 1.29 is 22.9 Å². The molecule has 0 aliphatic rings. The Morgan fingerprint density at radius 3 is 2.15 bits per heavy atom. The molecule has 0 amide bonds. The van der Waals surface area contributed by atoms with Crippen molar-refractivity contribution in [1.82, 2.24) is 0 Å². The molecule has 0 fully saturated rings. The molecular weight excluding hydrogens is 191 g/mol. The van der Waals surface area contributed by atoms with E-state index in [1.54, 1.807) is 0 Å². The molecule has 0 saturated heterocycles. The predicted octanol–water partition coefficient (Wildman–Crippen LogP) is -0.353. The summed E-state index contributed by atoms with van der Waals surface area (Å²) in [4.78, 5) is 10.1. The number of hydrogen-bond donors (Lipinski definition) is 2. The Balaban J connectivity index is 0. The fourth-order valence-electron chi connectivity index (χ4n) is 0.575. The van der Waals surface area contributed by atoms with E-state index < -0.39 is 21.8 Å². The first-order valence-electron chi connectivity index (χ1n) is 3.19. The summed E-state index contributed by atoms with van der Waals surface area (Å²) >= 11 is 0. The van der Waals surface area contributed by atoms with Crippen LogP contribution >= 0.6 is 0 Å². The Labute approximate surface area is 88.8 Å². The van der Waals surface area contributed by atoms with Crippen LogP contribution in [0.25, 0.3) is 0 Å². The number of carboxylic acids is 1. The van der Waals surface area contributed by atoms with Crippen molar-refractivity contribution in [3.05, 3.63) is 12.2 Å². The molecule has 0 aliphatic heterocycles. The Morgan fingerprint density at radius 2 is 1.85 bits per heavy atom. The van der Waals surface area contributed by atoms with Crippen molar-refractivity contribution in [2.24, 2.45) is 0 Å². The minimum atomic E-state index is -3.98. The van der Waals surface area contributed by atoms with Crippen LogP contribution in [0.1, 0.15) is 12.8 Å². The molecule has 13 heavy (non-hydrogen) atoms. The number of rotatable bonds is 5. The van der Waals surface area contributed by atoms with E-state index in [9.17, 15) is 13.2 Å². The first-order valence-corrected chi connectivity index (χ1v) is 4.80. The van der Waals surface area contributed by atoms with Gasteiger partial charge in [0.25, 0.3) is 10.1 Å². The van der Waals surface area contributed by atoms with E-state index in [1.807, 2.05) is 0 Å². The van der Waals surface area contributed by atoms with Gasteiger partial charge < -0.3 is 5.11 Å². The topological polar surface area (TPSA) is 91.7 Å². The summed E-state index contributed by atoms with van der Waals surface area (Å²) in [7, 11) is -3.98. The van der Waals surface area contributed by atoms with Gasteiger partial charge in [-0.15, -0.1) is 0 Å². The molecule has 0 saturated carbocycles. The van der Waals surface area contributed by atoms with Gasteiger partial charge in [0.2, 0.25) is 0 Å². The van der Waals surface area contributed by atoms with Gasteiger partial charge >= 0.3 is 24.8 Å². The van der Waals surface area contributed by atoms with E-state index in [1.165, 1.54) is 0 Å². The summed E-state index contributed by atoms with van der Waals surface area (Å²) in [6, 6.07) is 0. The molecule has 0 atom stereocenters. The van der Waals surface area contributed by atoms with Crippen molar-refractivity contribution >= 4 is 34.9 Å². The van der Waals surface area contributed by atoms with Crippen LogP contribution in [0.4, 0.5) is 0 Å². The maximum atomic E-state index is 10.2. The molecule has 0 radical (unpaired) electrons. The Morgan fingerprint density at radius 1 is 1.38 bits per heavy atom. The van der Waals surface area contributed by atoms with Crippen LogP contribution < -0.4 is 0 Å². The van der Waals surface area contributed by atoms with E-state index in [2.05, 4.69) is 6.58 Å². The molecule has 0 rings (SSSR count). The first kappa shape index (κ1) is 15.2. The third-order valence-electron chi connectivity index (χ3n) is 1.18. The van der Waals surface area contributed by atoms with Gasteiger partial charge in [-0.1, -0.05) is 6.58 Å². The van der Waals surface area contributed by atoms with Crippen LogP contribution in [0, 0.1) is 0 Å². The second-order valence-electron chi connectivity index (χ2n) is 2.30. The summed E-state index contributed by atoms with van der Waals surface area (Å²) in [6.45, 7) is 3.20. The third kappa shape index (κ3) is 9.63. The summed E-state index contributed by atoms with van der Waals surface area (Å²) < 4.78 is 28.6. The van der Waals surface area contributed by atoms with Crippen molar-refractivity contribution in [2.75, 3.05) is 5.75 Å². The van der Waals surface area contributed by atoms with Gasteiger partial charge in [-0.05, 0) is 12.8 Å². The average Bonchev–Trinajstić information content (AvgIpc) is 1.84. The summed E-state index contributed by atoms with van der Waals surface area (Å²) in [5.41, 5.74) is -0.0568. The molecule has 0 aromatic carbocycles. The Hall–Kier alpha value is -0.283. The summed E-state index contributed by atoms with van der Waals surface area (Å²) in [6.07, 6.45) is 0.138. The SMILES string of the molecule is C=C(CCCS(=O)(=O)O)C(=O)O.[LiH]. The quantitative estimate of drug-likeness (QED) is 0.361. The van der Waals surface area contributed by atoms with Crippen molar-refractivity contribution in [2.45, 2.75) is 12.8 Å². The maximum absolute atomic E-state index is 10.2. The van der Waals surface area contributed by atoms with Crippen LogP contribution in [0.2, 0.25) is 0 Å². The number of aliphatic carboxylic acids is 1. The molecule has 0 aromatic heterocycles. The molecule has 0 unspecified atom stereocenters. The molecule has 2 N–H and O–H groups in total. The van der Waals surface area contributed by atoms with Crippen molar-refractivity contribution in [3.8, 4) is 0 Å². The fourth-order valence-corrected chi connectivity index (χ4v) is 1.08. The Kier molecular flexibility index (Phi) is 7.27. The number of hydrogen-bond acceptors (Lipinski definition) is 3. The second kappa shape index (κ2) is 6.21. The fraction of sp³-hybridized carbons (Fsp3) is 0.500. The summed E-state index contributed by atoms with van der Waals surface area (Å²) in [5.74, 6) is -1.58. The van der Waals surface area contributed by atoms with Gasteiger partial charge in [0, 0.05) is 5.57 Å². The molecule has 0 bridgehead atoms. The molecule has 5 nitrogen and oxygen atoms in total. The van der Waals surface area contributed by atoms with Crippen molar-refractivity contribution in [1.29, 1.82) is 0 Å². The van der Waals surface area contributed by atoms with Crippen molar-refractivity contribution in [3.63, 3.8) is 0 Å². The van der Waals surface area contributed by atoms with Crippen LogP contribution in [-0.2, 0) is 14.9 Å². The normalized spacial score (nSPS) is 10.2. The van der Waals surface area contributed by atoms with Gasteiger partial charge in [-0.3, -0.25) is 4.55 Å². The van der Waals surface area contributed by atoms with E-state index in [0.29, 0.717) is 0 Å². The monoisotopic (exact) mass is 202 g/mol. The van der Waals surface area contributed by atoms with Gasteiger partial charge in [0.15, 0.2) is 0 Å². The van der Waals surface area contributed by atoms with E-state index in [-0.39, 0.29) is 37.3 Å². The molecular formula is C6H11LiO5S. The zero-order valence-corrected chi connectivity index (χ0v) is 7.17. The van der Waals surface area contributed by atoms with Gasteiger partial charge in [-0.25, -0.2) is 4.79 Å².